The maximum atomic E-state index is 11.6. The number of hydrogen-bond acceptors (Lipinski definition) is 4. The highest BCUT2D eigenvalue weighted by Crippen LogP contribution is 2.09. The van der Waals surface area contributed by atoms with Gasteiger partial charge in [0.15, 0.2) is 0 Å². The van der Waals surface area contributed by atoms with Gasteiger partial charge in [0.2, 0.25) is 5.91 Å². The van der Waals surface area contributed by atoms with Crippen molar-refractivity contribution in [2.45, 2.75) is 18.9 Å². The third-order valence-corrected chi connectivity index (χ3v) is 3.02. The summed E-state index contributed by atoms with van der Waals surface area (Å²) in [6.45, 7) is 1.03. The monoisotopic (exact) mass is 278 g/mol. The van der Waals surface area contributed by atoms with Gasteiger partial charge in [-0.3, -0.25) is 9.78 Å². The van der Waals surface area contributed by atoms with Gasteiger partial charge in [0.1, 0.15) is 0 Å². The minimum absolute atomic E-state index is 0.0591. The van der Waals surface area contributed by atoms with Crippen LogP contribution in [0.2, 0.25) is 0 Å². The summed E-state index contributed by atoms with van der Waals surface area (Å²) in [6.07, 6.45) is 3.75. The molecule has 1 aliphatic heterocycles. The van der Waals surface area contributed by atoms with Gasteiger partial charge >= 0.3 is 6.03 Å². The number of aliphatic hydroxyl groups excluding tert-OH is 1. The minimum atomic E-state index is -0.767. The van der Waals surface area contributed by atoms with Gasteiger partial charge in [0.05, 0.1) is 18.0 Å². The van der Waals surface area contributed by atoms with Crippen molar-refractivity contribution in [1.82, 2.24) is 15.2 Å². The number of nitrogens with one attached hydrogen (secondary N) is 2. The third-order valence-electron chi connectivity index (χ3n) is 3.02. The molecule has 1 aromatic heterocycles. The van der Waals surface area contributed by atoms with E-state index in [1.54, 1.807) is 23.2 Å². The largest absolute Gasteiger partial charge is 0.389 e. The first-order valence-corrected chi connectivity index (χ1v) is 6.56. The number of pyridine rings is 1. The Labute approximate surface area is 117 Å². The Hall–Kier alpha value is -2.15. The highest BCUT2D eigenvalue weighted by molar-refractivity contribution is 5.88. The van der Waals surface area contributed by atoms with E-state index in [1.165, 1.54) is 6.20 Å². The van der Waals surface area contributed by atoms with E-state index in [2.05, 4.69) is 15.6 Å². The second-order valence-corrected chi connectivity index (χ2v) is 4.67. The SMILES string of the molecule is O=C(NCC(O)CN1CCCC1=O)Nc1cccnc1. The summed E-state index contributed by atoms with van der Waals surface area (Å²) < 4.78 is 0. The summed E-state index contributed by atoms with van der Waals surface area (Å²) in [4.78, 5) is 28.5. The van der Waals surface area contributed by atoms with E-state index in [9.17, 15) is 14.7 Å². The Bertz CT molecular complexity index is 466. The van der Waals surface area contributed by atoms with Crippen molar-refractivity contribution in [3.05, 3.63) is 24.5 Å². The zero-order valence-electron chi connectivity index (χ0n) is 11.1. The van der Waals surface area contributed by atoms with Crippen LogP contribution in [0.1, 0.15) is 12.8 Å². The van der Waals surface area contributed by atoms with Gasteiger partial charge in [-0.25, -0.2) is 4.79 Å². The Balaban J connectivity index is 1.69. The third kappa shape index (κ3) is 4.20. The molecule has 0 aromatic carbocycles. The molecule has 7 heteroatoms. The smallest absolute Gasteiger partial charge is 0.319 e. The number of anilines is 1. The molecule has 1 fully saturated rings. The van der Waals surface area contributed by atoms with Crippen LogP contribution in [0.3, 0.4) is 0 Å². The molecule has 1 aromatic rings. The lowest BCUT2D eigenvalue weighted by molar-refractivity contribution is -0.128. The fourth-order valence-electron chi connectivity index (χ4n) is 2.04. The molecule has 1 saturated heterocycles. The Morgan fingerprint density at radius 2 is 2.40 bits per heavy atom. The molecule has 108 valence electrons. The maximum absolute atomic E-state index is 11.6. The Kier molecular flexibility index (Phi) is 4.89. The molecule has 3 amide bonds. The van der Waals surface area contributed by atoms with Crippen molar-refractivity contribution >= 4 is 17.6 Å². The molecule has 3 N–H and O–H groups in total. The predicted octanol–water partition coefficient (Wildman–Crippen LogP) is 0.186. The molecule has 20 heavy (non-hydrogen) atoms. The first kappa shape index (κ1) is 14.3. The zero-order chi connectivity index (χ0) is 14.4. The number of aliphatic hydroxyl groups is 1. The summed E-state index contributed by atoms with van der Waals surface area (Å²) >= 11 is 0. The number of carbonyl (C=O) groups is 2. The van der Waals surface area contributed by atoms with Crippen LogP contribution in [0, 0.1) is 0 Å². The normalized spacial score (nSPS) is 16.1. The van der Waals surface area contributed by atoms with Crippen LogP contribution < -0.4 is 10.6 Å². The predicted molar refractivity (Wildman–Crippen MR) is 73.1 cm³/mol. The number of likely N-dealkylation sites (tertiary alicyclic amines) is 1. The molecule has 0 radical (unpaired) electrons. The topological polar surface area (TPSA) is 94.6 Å². The summed E-state index contributed by atoms with van der Waals surface area (Å²) in [6, 6.07) is 3.01. The lowest BCUT2D eigenvalue weighted by Gasteiger charge is -2.20. The fourth-order valence-corrected chi connectivity index (χ4v) is 2.04. The fraction of sp³-hybridized carbons (Fsp3) is 0.462. The van der Waals surface area contributed by atoms with E-state index < -0.39 is 12.1 Å². The van der Waals surface area contributed by atoms with E-state index in [1.807, 2.05) is 0 Å². The molecule has 7 nitrogen and oxygen atoms in total. The highest BCUT2D eigenvalue weighted by atomic mass is 16.3. The number of rotatable bonds is 5. The lowest BCUT2D eigenvalue weighted by Crippen LogP contribution is -2.41. The average Bonchev–Trinajstić information content (AvgIpc) is 2.83. The first-order chi connectivity index (χ1) is 9.65. The van der Waals surface area contributed by atoms with Crippen molar-refractivity contribution in [3.8, 4) is 0 Å². The van der Waals surface area contributed by atoms with Crippen LogP contribution in [0.25, 0.3) is 0 Å². The molecular formula is C13H18N4O3. The quantitative estimate of drug-likeness (QED) is 0.716. The number of hydrogen-bond donors (Lipinski definition) is 3. The number of urea groups is 1. The standard InChI is InChI=1S/C13H18N4O3/c18-11(9-17-6-2-4-12(17)19)8-15-13(20)16-10-3-1-5-14-7-10/h1,3,5,7,11,18H,2,4,6,8-9H2,(H2,15,16,20). The molecule has 1 atom stereocenters. The van der Waals surface area contributed by atoms with Crippen molar-refractivity contribution in [3.63, 3.8) is 0 Å². The first-order valence-electron chi connectivity index (χ1n) is 6.56. The van der Waals surface area contributed by atoms with Gasteiger partial charge in [-0.05, 0) is 18.6 Å². The van der Waals surface area contributed by atoms with Crippen molar-refractivity contribution in [2.24, 2.45) is 0 Å². The van der Waals surface area contributed by atoms with Crippen LogP contribution in [0.4, 0.5) is 10.5 Å². The molecule has 0 saturated carbocycles. The van der Waals surface area contributed by atoms with Crippen LogP contribution in [0.5, 0.6) is 0 Å². The number of aromatic nitrogens is 1. The summed E-state index contributed by atoms with van der Waals surface area (Å²) in [5.74, 6) is 0.0591. The van der Waals surface area contributed by atoms with Crippen LogP contribution >= 0.6 is 0 Å². The van der Waals surface area contributed by atoms with Crippen LogP contribution in [0.15, 0.2) is 24.5 Å². The molecule has 1 unspecified atom stereocenters. The zero-order valence-corrected chi connectivity index (χ0v) is 11.1. The molecule has 2 rings (SSSR count). The van der Waals surface area contributed by atoms with Gasteiger partial charge in [0.25, 0.3) is 0 Å². The number of amides is 3. The molecule has 0 bridgehead atoms. The van der Waals surface area contributed by atoms with E-state index in [0.717, 1.165) is 6.42 Å². The molecule has 1 aliphatic rings. The maximum Gasteiger partial charge on any atom is 0.319 e. The summed E-state index contributed by atoms with van der Waals surface area (Å²) in [5, 5.41) is 14.9. The summed E-state index contributed by atoms with van der Waals surface area (Å²) in [7, 11) is 0. The molecule has 2 heterocycles. The van der Waals surface area contributed by atoms with Gasteiger partial charge < -0.3 is 20.6 Å². The van der Waals surface area contributed by atoms with E-state index in [0.29, 0.717) is 18.7 Å². The van der Waals surface area contributed by atoms with Gasteiger partial charge in [0, 0.05) is 32.3 Å². The van der Waals surface area contributed by atoms with Crippen molar-refractivity contribution in [1.29, 1.82) is 0 Å². The number of carbonyl (C=O) groups excluding carboxylic acids is 2. The van der Waals surface area contributed by atoms with Crippen LogP contribution in [-0.2, 0) is 4.79 Å². The lowest BCUT2D eigenvalue weighted by atomic mass is 10.3. The van der Waals surface area contributed by atoms with Crippen molar-refractivity contribution in [2.75, 3.05) is 25.0 Å². The minimum Gasteiger partial charge on any atom is -0.389 e. The number of nitrogens with zero attached hydrogens (tertiary/aromatic N) is 2. The second-order valence-electron chi connectivity index (χ2n) is 4.67. The van der Waals surface area contributed by atoms with Crippen molar-refractivity contribution < 1.29 is 14.7 Å². The summed E-state index contributed by atoms with van der Waals surface area (Å²) in [5.41, 5.74) is 0.578. The Morgan fingerprint density at radius 1 is 1.55 bits per heavy atom. The van der Waals surface area contributed by atoms with E-state index in [-0.39, 0.29) is 19.0 Å². The number of β-amino-alcohol motifs (C(OH)–C–C–N with tert-alkyl or cyclic N) is 1. The van der Waals surface area contributed by atoms with E-state index in [4.69, 9.17) is 0 Å². The van der Waals surface area contributed by atoms with Crippen LogP contribution in [-0.4, -0.2) is 52.7 Å². The Morgan fingerprint density at radius 3 is 3.05 bits per heavy atom. The van der Waals surface area contributed by atoms with Gasteiger partial charge in [-0.15, -0.1) is 0 Å². The molecular weight excluding hydrogens is 260 g/mol. The van der Waals surface area contributed by atoms with Gasteiger partial charge in [-0.2, -0.15) is 0 Å². The average molecular weight is 278 g/mol. The molecule has 0 spiro atoms. The van der Waals surface area contributed by atoms with E-state index >= 15 is 0 Å². The second kappa shape index (κ2) is 6.85. The molecule has 0 aliphatic carbocycles. The highest BCUT2D eigenvalue weighted by Gasteiger charge is 2.22. The van der Waals surface area contributed by atoms with Gasteiger partial charge in [-0.1, -0.05) is 0 Å².